The lowest BCUT2D eigenvalue weighted by Crippen LogP contribution is -2.24. The summed E-state index contributed by atoms with van der Waals surface area (Å²) in [5.74, 6) is 0. The fourth-order valence-electron chi connectivity index (χ4n) is 1.80. The maximum absolute atomic E-state index is 12.1. The van der Waals surface area contributed by atoms with Crippen molar-refractivity contribution in [1.82, 2.24) is 9.55 Å². The van der Waals surface area contributed by atoms with Crippen LogP contribution in [0.25, 0.3) is 10.2 Å². The van der Waals surface area contributed by atoms with Gasteiger partial charge < -0.3 is 0 Å². The van der Waals surface area contributed by atoms with Crippen molar-refractivity contribution in [1.29, 1.82) is 0 Å². The second kappa shape index (κ2) is 2.86. The topological polar surface area (TPSA) is 34.9 Å². The molecule has 0 unspecified atom stereocenters. The number of thioether (sulfide) groups is 1. The summed E-state index contributed by atoms with van der Waals surface area (Å²) in [4.78, 5) is 16.6. The van der Waals surface area contributed by atoms with E-state index in [4.69, 9.17) is 0 Å². The van der Waals surface area contributed by atoms with Gasteiger partial charge in [-0.25, -0.2) is 4.98 Å². The molecule has 0 spiro atoms. The van der Waals surface area contributed by atoms with Crippen LogP contribution >= 0.6 is 23.1 Å². The molecule has 0 amide bonds. The molecule has 0 bridgehead atoms. The van der Waals surface area contributed by atoms with E-state index >= 15 is 0 Å². The van der Waals surface area contributed by atoms with Gasteiger partial charge in [-0.1, -0.05) is 11.8 Å². The summed E-state index contributed by atoms with van der Waals surface area (Å²) in [6, 6.07) is 1.91. The first kappa shape index (κ1) is 9.42. The van der Waals surface area contributed by atoms with Crippen molar-refractivity contribution in [3.63, 3.8) is 0 Å². The zero-order chi connectivity index (χ0) is 10.6. The van der Waals surface area contributed by atoms with E-state index in [1.807, 2.05) is 11.4 Å². The first-order valence-corrected chi connectivity index (χ1v) is 6.43. The number of aromatic nitrogens is 2. The van der Waals surface area contributed by atoms with Gasteiger partial charge in [-0.15, -0.1) is 11.3 Å². The van der Waals surface area contributed by atoms with Gasteiger partial charge in [0.05, 0.1) is 5.52 Å². The molecule has 0 fully saturated rings. The number of hydrogen-bond acceptors (Lipinski definition) is 4. The summed E-state index contributed by atoms with van der Waals surface area (Å²) in [5, 5.41) is 2.78. The van der Waals surface area contributed by atoms with Crippen molar-refractivity contribution in [2.45, 2.75) is 30.3 Å². The predicted molar refractivity (Wildman–Crippen MR) is 63.8 cm³/mol. The van der Waals surface area contributed by atoms with Gasteiger partial charge in [0.2, 0.25) is 0 Å². The van der Waals surface area contributed by atoms with Gasteiger partial charge in [0.15, 0.2) is 5.16 Å². The van der Waals surface area contributed by atoms with E-state index in [2.05, 4.69) is 18.8 Å². The van der Waals surface area contributed by atoms with E-state index in [9.17, 15) is 4.79 Å². The summed E-state index contributed by atoms with van der Waals surface area (Å²) < 4.78 is 2.66. The molecule has 5 heteroatoms. The van der Waals surface area contributed by atoms with Crippen LogP contribution in [0.15, 0.2) is 21.4 Å². The van der Waals surface area contributed by atoms with Gasteiger partial charge in [-0.05, 0) is 25.3 Å². The van der Waals surface area contributed by atoms with E-state index in [1.54, 1.807) is 16.3 Å². The molecule has 1 aliphatic heterocycles. The molecular weight excluding hydrogens is 228 g/mol. The average Bonchev–Trinajstić information content (AvgIpc) is 2.68. The van der Waals surface area contributed by atoms with E-state index < -0.39 is 0 Å². The quantitative estimate of drug-likeness (QED) is 0.661. The Morgan fingerprint density at radius 2 is 2.33 bits per heavy atom. The predicted octanol–water partition coefficient (Wildman–Crippen LogP) is 2.34. The second-order valence-electron chi connectivity index (χ2n) is 4.28. The van der Waals surface area contributed by atoms with Crippen molar-refractivity contribution in [2.24, 2.45) is 0 Å². The van der Waals surface area contributed by atoms with Crippen molar-refractivity contribution in [3.8, 4) is 0 Å². The Kier molecular flexibility index (Phi) is 1.79. The Morgan fingerprint density at radius 3 is 3.13 bits per heavy atom. The minimum absolute atomic E-state index is 0.0859. The van der Waals surface area contributed by atoms with Crippen LogP contribution in [0.1, 0.15) is 13.8 Å². The Hall–Kier alpha value is -0.810. The number of nitrogens with zero attached hydrogens (tertiary/aromatic N) is 2. The normalized spacial score (nSPS) is 18.3. The molecule has 0 saturated heterocycles. The lowest BCUT2D eigenvalue weighted by Gasteiger charge is -2.12. The SMILES string of the molecule is CC1(C)Cn2c(nc3ccsc3c2=O)S1. The van der Waals surface area contributed by atoms with Crippen LogP contribution < -0.4 is 5.56 Å². The summed E-state index contributed by atoms with van der Waals surface area (Å²) >= 11 is 3.16. The Labute approximate surface area is 95.1 Å². The maximum Gasteiger partial charge on any atom is 0.272 e. The van der Waals surface area contributed by atoms with Gasteiger partial charge in [0.25, 0.3) is 5.56 Å². The van der Waals surface area contributed by atoms with Gasteiger partial charge in [-0.3, -0.25) is 9.36 Å². The van der Waals surface area contributed by atoms with Crippen molar-refractivity contribution >= 4 is 33.3 Å². The molecule has 0 saturated carbocycles. The zero-order valence-electron chi connectivity index (χ0n) is 8.48. The molecule has 0 radical (unpaired) electrons. The molecule has 78 valence electrons. The summed E-state index contributed by atoms with van der Waals surface area (Å²) in [5.41, 5.74) is 0.949. The van der Waals surface area contributed by atoms with E-state index in [-0.39, 0.29) is 10.3 Å². The van der Waals surface area contributed by atoms with Gasteiger partial charge >= 0.3 is 0 Å². The molecule has 0 aromatic carbocycles. The minimum atomic E-state index is 0.0859. The molecule has 3 heterocycles. The zero-order valence-corrected chi connectivity index (χ0v) is 10.1. The number of thiophene rings is 1. The number of hydrogen-bond donors (Lipinski definition) is 0. The van der Waals surface area contributed by atoms with Gasteiger partial charge in [0, 0.05) is 11.3 Å². The average molecular weight is 238 g/mol. The number of rotatable bonds is 0. The third-order valence-electron chi connectivity index (χ3n) is 2.44. The monoisotopic (exact) mass is 238 g/mol. The fourth-order valence-corrected chi connectivity index (χ4v) is 3.67. The summed E-state index contributed by atoms with van der Waals surface area (Å²) in [7, 11) is 0. The summed E-state index contributed by atoms with van der Waals surface area (Å²) in [6.07, 6.45) is 0. The molecule has 0 N–H and O–H groups in total. The highest BCUT2D eigenvalue weighted by Crippen LogP contribution is 2.38. The molecule has 0 aliphatic carbocycles. The fraction of sp³-hybridized carbons (Fsp3) is 0.400. The number of fused-ring (bicyclic) bond motifs is 2. The Bertz CT molecular complexity index is 597. The lowest BCUT2D eigenvalue weighted by molar-refractivity contribution is 0.548. The van der Waals surface area contributed by atoms with E-state index in [1.165, 1.54) is 11.3 Å². The molecule has 1 aliphatic rings. The highest BCUT2D eigenvalue weighted by molar-refractivity contribution is 8.00. The highest BCUT2D eigenvalue weighted by Gasteiger charge is 2.32. The molecule has 2 aromatic rings. The van der Waals surface area contributed by atoms with Crippen LogP contribution in [0, 0.1) is 0 Å². The third kappa shape index (κ3) is 1.33. The minimum Gasteiger partial charge on any atom is -0.285 e. The van der Waals surface area contributed by atoms with Crippen LogP contribution in [0.5, 0.6) is 0 Å². The first-order valence-electron chi connectivity index (χ1n) is 4.74. The van der Waals surface area contributed by atoms with E-state index in [0.29, 0.717) is 0 Å². The second-order valence-corrected chi connectivity index (χ2v) is 6.87. The van der Waals surface area contributed by atoms with Gasteiger partial charge in [-0.2, -0.15) is 0 Å². The smallest absolute Gasteiger partial charge is 0.272 e. The van der Waals surface area contributed by atoms with Crippen LogP contribution in [-0.4, -0.2) is 14.3 Å². The third-order valence-corrected chi connectivity index (χ3v) is 4.50. The van der Waals surface area contributed by atoms with Crippen molar-refractivity contribution < 1.29 is 0 Å². The maximum atomic E-state index is 12.1. The lowest BCUT2D eigenvalue weighted by atomic mass is 10.2. The largest absolute Gasteiger partial charge is 0.285 e. The van der Waals surface area contributed by atoms with Crippen molar-refractivity contribution in [2.75, 3.05) is 0 Å². The van der Waals surface area contributed by atoms with Crippen LogP contribution in [-0.2, 0) is 6.54 Å². The molecular formula is C10H10N2OS2. The van der Waals surface area contributed by atoms with Crippen molar-refractivity contribution in [3.05, 3.63) is 21.8 Å². The van der Waals surface area contributed by atoms with E-state index in [0.717, 1.165) is 21.9 Å². The molecule has 2 aromatic heterocycles. The molecule has 3 rings (SSSR count). The first-order chi connectivity index (χ1) is 7.07. The standard InChI is InChI=1S/C10H10N2OS2/c1-10(2)5-12-8(13)7-6(3-4-14-7)11-9(12)15-10/h3-4H,5H2,1-2H3. The molecule has 15 heavy (non-hydrogen) atoms. The van der Waals surface area contributed by atoms with Crippen LogP contribution in [0.2, 0.25) is 0 Å². The highest BCUT2D eigenvalue weighted by atomic mass is 32.2. The van der Waals surface area contributed by atoms with Crippen LogP contribution in [0.3, 0.4) is 0 Å². The Balaban J connectivity index is 2.35. The van der Waals surface area contributed by atoms with Gasteiger partial charge in [0.1, 0.15) is 4.70 Å². The Morgan fingerprint density at radius 1 is 1.53 bits per heavy atom. The molecule has 0 atom stereocenters. The molecule has 3 nitrogen and oxygen atoms in total. The summed E-state index contributed by atoms with van der Waals surface area (Å²) in [6.45, 7) is 5.03. The van der Waals surface area contributed by atoms with Crippen LogP contribution in [0.4, 0.5) is 0 Å².